The standard InChI is InChI=1S/C24H21BrClN3O2/c1-16-11-20(26)13-21(12-16)29-22(30)24(2,14-17-3-5-19(25)6-4-17)28(23(29)31)15-18-7-9-27-10-8-18/h3-13H,14-15H2,1-2H3/t24-/m1/s1. The Morgan fingerprint density at radius 2 is 1.68 bits per heavy atom. The summed E-state index contributed by atoms with van der Waals surface area (Å²) in [6.07, 6.45) is 3.76. The molecule has 0 saturated carbocycles. The highest BCUT2D eigenvalue weighted by molar-refractivity contribution is 9.10. The molecule has 0 N–H and O–H groups in total. The molecule has 0 aliphatic carbocycles. The number of hydrogen-bond acceptors (Lipinski definition) is 3. The third kappa shape index (κ3) is 4.23. The molecule has 1 aromatic heterocycles. The van der Waals surface area contributed by atoms with Crippen LogP contribution in [0, 0.1) is 6.92 Å². The first kappa shape index (κ1) is 21.5. The predicted molar refractivity (Wildman–Crippen MR) is 125 cm³/mol. The Kier molecular flexibility index (Phi) is 5.86. The van der Waals surface area contributed by atoms with Crippen LogP contribution < -0.4 is 4.90 Å². The molecule has 5 nitrogen and oxygen atoms in total. The second-order valence-electron chi connectivity index (χ2n) is 7.93. The molecule has 2 aromatic carbocycles. The zero-order valence-electron chi connectivity index (χ0n) is 17.2. The summed E-state index contributed by atoms with van der Waals surface area (Å²) in [7, 11) is 0. The Balaban J connectivity index is 1.77. The number of carbonyl (C=O) groups excluding carboxylic acids is 2. The minimum Gasteiger partial charge on any atom is -0.305 e. The molecular formula is C24H21BrClN3O2. The van der Waals surface area contributed by atoms with Crippen LogP contribution in [0.4, 0.5) is 10.5 Å². The number of aryl methyl sites for hydroxylation is 1. The first-order chi connectivity index (χ1) is 14.8. The molecule has 3 aromatic rings. The van der Waals surface area contributed by atoms with Gasteiger partial charge in [-0.3, -0.25) is 9.78 Å². The van der Waals surface area contributed by atoms with Gasteiger partial charge >= 0.3 is 6.03 Å². The smallest absolute Gasteiger partial charge is 0.305 e. The van der Waals surface area contributed by atoms with Gasteiger partial charge in [-0.25, -0.2) is 9.69 Å². The summed E-state index contributed by atoms with van der Waals surface area (Å²) in [5.41, 5.74) is 2.19. The van der Waals surface area contributed by atoms with E-state index in [1.807, 2.05) is 50.2 Å². The molecule has 1 atom stereocenters. The lowest BCUT2D eigenvalue weighted by atomic mass is 9.90. The molecular weight excluding hydrogens is 478 g/mol. The van der Waals surface area contributed by atoms with Gasteiger partial charge in [0.1, 0.15) is 5.54 Å². The van der Waals surface area contributed by atoms with Crippen LogP contribution in [-0.2, 0) is 17.8 Å². The van der Waals surface area contributed by atoms with Gasteiger partial charge < -0.3 is 4.90 Å². The number of carbonyl (C=O) groups is 2. The topological polar surface area (TPSA) is 53.5 Å². The molecule has 1 fully saturated rings. The summed E-state index contributed by atoms with van der Waals surface area (Å²) in [6, 6.07) is 16.4. The van der Waals surface area contributed by atoms with Crippen LogP contribution >= 0.6 is 27.5 Å². The van der Waals surface area contributed by atoms with Crippen LogP contribution in [0.15, 0.2) is 71.5 Å². The van der Waals surface area contributed by atoms with Crippen molar-refractivity contribution in [1.29, 1.82) is 0 Å². The minimum atomic E-state index is -1.05. The summed E-state index contributed by atoms with van der Waals surface area (Å²) < 4.78 is 0.958. The van der Waals surface area contributed by atoms with Crippen LogP contribution in [-0.4, -0.2) is 27.4 Å². The Morgan fingerprint density at radius 1 is 1.00 bits per heavy atom. The number of aromatic nitrogens is 1. The fraction of sp³-hybridized carbons (Fsp3) is 0.208. The van der Waals surface area contributed by atoms with Crippen molar-refractivity contribution >= 4 is 45.2 Å². The Bertz CT molecular complexity index is 1120. The molecule has 0 bridgehead atoms. The van der Waals surface area contributed by atoms with E-state index in [4.69, 9.17) is 11.6 Å². The molecule has 158 valence electrons. The van der Waals surface area contributed by atoms with E-state index in [2.05, 4.69) is 20.9 Å². The highest BCUT2D eigenvalue weighted by Gasteiger charge is 2.54. The quantitative estimate of drug-likeness (QED) is 0.419. The van der Waals surface area contributed by atoms with E-state index < -0.39 is 5.54 Å². The monoisotopic (exact) mass is 497 g/mol. The number of nitrogens with zero attached hydrogens (tertiary/aromatic N) is 3. The van der Waals surface area contributed by atoms with E-state index in [0.717, 1.165) is 21.2 Å². The number of urea groups is 1. The summed E-state index contributed by atoms with van der Waals surface area (Å²) >= 11 is 9.68. The molecule has 1 saturated heterocycles. The largest absolute Gasteiger partial charge is 0.332 e. The molecule has 0 radical (unpaired) electrons. The molecule has 2 heterocycles. The summed E-state index contributed by atoms with van der Waals surface area (Å²) in [6.45, 7) is 4.01. The number of amides is 3. The van der Waals surface area contributed by atoms with Gasteiger partial charge in [0.2, 0.25) is 0 Å². The van der Waals surface area contributed by atoms with Crippen molar-refractivity contribution in [3.05, 3.63) is 93.2 Å². The van der Waals surface area contributed by atoms with Crippen molar-refractivity contribution in [3.8, 4) is 0 Å². The zero-order valence-corrected chi connectivity index (χ0v) is 19.5. The minimum absolute atomic E-state index is 0.267. The first-order valence-electron chi connectivity index (χ1n) is 9.84. The normalized spacial score (nSPS) is 18.7. The van der Waals surface area contributed by atoms with E-state index in [1.54, 1.807) is 35.5 Å². The van der Waals surface area contributed by atoms with Crippen molar-refractivity contribution in [3.63, 3.8) is 0 Å². The van der Waals surface area contributed by atoms with Crippen LogP contribution in [0.2, 0.25) is 5.02 Å². The number of imide groups is 1. The molecule has 3 amide bonds. The van der Waals surface area contributed by atoms with Gasteiger partial charge in [0.15, 0.2) is 0 Å². The van der Waals surface area contributed by atoms with Crippen LogP contribution in [0.25, 0.3) is 0 Å². The summed E-state index contributed by atoms with van der Waals surface area (Å²) in [4.78, 5) is 34.2. The van der Waals surface area contributed by atoms with Crippen molar-refractivity contribution in [2.24, 2.45) is 0 Å². The van der Waals surface area contributed by atoms with Crippen molar-refractivity contribution in [2.45, 2.75) is 32.4 Å². The molecule has 0 unspecified atom stereocenters. The highest BCUT2D eigenvalue weighted by Crippen LogP contribution is 2.37. The average molecular weight is 499 g/mol. The van der Waals surface area contributed by atoms with Crippen molar-refractivity contribution < 1.29 is 9.59 Å². The number of halogens is 2. The van der Waals surface area contributed by atoms with Gasteiger partial charge in [0.05, 0.1) is 5.69 Å². The lowest BCUT2D eigenvalue weighted by molar-refractivity contribution is -0.124. The Hall–Kier alpha value is -2.70. The lowest BCUT2D eigenvalue weighted by Crippen LogP contribution is -2.48. The molecule has 31 heavy (non-hydrogen) atoms. The van der Waals surface area contributed by atoms with Gasteiger partial charge in [-0.1, -0.05) is 39.7 Å². The van der Waals surface area contributed by atoms with Crippen LogP contribution in [0.1, 0.15) is 23.6 Å². The maximum Gasteiger partial charge on any atom is 0.332 e. The predicted octanol–water partition coefficient (Wildman–Crippen LogP) is 5.78. The average Bonchev–Trinajstić information content (AvgIpc) is 2.90. The number of hydrogen-bond donors (Lipinski definition) is 0. The fourth-order valence-corrected chi connectivity index (χ4v) is 4.48. The fourth-order valence-electron chi connectivity index (χ4n) is 3.93. The van der Waals surface area contributed by atoms with Gasteiger partial charge in [-0.2, -0.15) is 0 Å². The summed E-state index contributed by atoms with van der Waals surface area (Å²) in [5.74, 6) is -0.267. The molecule has 1 aliphatic rings. The number of pyridine rings is 1. The third-order valence-corrected chi connectivity index (χ3v) is 6.27. The SMILES string of the molecule is Cc1cc(Cl)cc(N2C(=O)N(Cc3ccncc3)[C@](C)(Cc3ccc(Br)cc3)C2=O)c1. The van der Waals surface area contributed by atoms with Crippen LogP contribution in [0.3, 0.4) is 0 Å². The molecule has 1 aliphatic heterocycles. The third-order valence-electron chi connectivity index (χ3n) is 5.52. The second kappa shape index (κ2) is 8.44. The van der Waals surface area contributed by atoms with Crippen LogP contribution in [0.5, 0.6) is 0 Å². The molecule has 7 heteroatoms. The highest BCUT2D eigenvalue weighted by atomic mass is 79.9. The van der Waals surface area contributed by atoms with E-state index >= 15 is 0 Å². The van der Waals surface area contributed by atoms with Gasteiger partial charge in [0.25, 0.3) is 5.91 Å². The zero-order chi connectivity index (χ0) is 22.2. The molecule has 0 spiro atoms. The number of benzene rings is 2. The van der Waals surface area contributed by atoms with Gasteiger partial charge in [-0.05, 0) is 73.0 Å². The molecule has 4 rings (SSSR count). The Labute approximate surface area is 194 Å². The number of rotatable bonds is 5. The maximum atomic E-state index is 13.7. The van der Waals surface area contributed by atoms with E-state index in [0.29, 0.717) is 23.7 Å². The maximum absolute atomic E-state index is 13.7. The Morgan fingerprint density at radius 3 is 2.32 bits per heavy atom. The first-order valence-corrected chi connectivity index (χ1v) is 11.0. The van der Waals surface area contributed by atoms with E-state index in [9.17, 15) is 9.59 Å². The van der Waals surface area contributed by atoms with Gasteiger partial charge in [-0.15, -0.1) is 0 Å². The van der Waals surface area contributed by atoms with E-state index in [-0.39, 0.29) is 11.9 Å². The van der Waals surface area contributed by atoms with Gasteiger partial charge in [0, 0.05) is 34.9 Å². The van der Waals surface area contributed by atoms with E-state index in [1.165, 1.54) is 4.90 Å². The lowest BCUT2D eigenvalue weighted by Gasteiger charge is -2.32. The second-order valence-corrected chi connectivity index (χ2v) is 9.28. The summed E-state index contributed by atoms with van der Waals surface area (Å²) in [5, 5.41) is 0.484. The van der Waals surface area contributed by atoms with Crippen molar-refractivity contribution in [2.75, 3.05) is 4.90 Å². The van der Waals surface area contributed by atoms with Crippen molar-refractivity contribution in [1.82, 2.24) is 9.88 Å². The number of anilines is 1.